The van der Waals surface area contributed by atoms with Crippen molar-refractivity contribution in [3.05, 3.63) is 35.9 Å². The molecule has 4 N–H and O–H groups in total. The van der Waals surface area contributed by atoms with Crippen molar-refractivity contribution in [3.63, 3.8) is 0 Å². The van der Waals surface area contributed by atoms with Crippen LogP contribution in [-0.2, 0) is 35.0 Å². The van der Waals surface area contributed by atoms with Crippen molar-refractivity contribution < 1.29 is 46.2 Å². The molecule has 13 heteroatoms. The molecule has 1 aromatic carbocycles. The van der Waals surface area contributed by atoms with E-state index >= 15 is 0 Å². The Balaban J connectivity index is 2.12. The van der Waals surface area contributed by atoms with Crippen molar-refractivity contribution in [1.29, 1.82) is 0 Å². The molecule has 0 bridgehead atoms. The molecule has 0 spiro atoms. The fourth-order valence-corrected chi connectivity index (χ4v) is 2.83. The van der Waals surface area contributed by atoms with Gasteiger partial charge in [-0.2, -0.15) is 17.6 Å². The monoisotopic (exact) mass is 479 g/mol. The van der Waals surface area contributed by atoms with Crippen LogP contribution in [0.1, 0.15) is 12.5 Å². The van der Waals surface area contributed by atoms with Gasteiger partial charge < -0.3 is 30.6 Å². The van der Waals surface area contributed by atoms with Crippen molar-refractivity contribution in [1.82, 2.24) is 10.6 Å². The molecular formula is C20H25F4N3O6. The van der Waals surface area contributed by atoms with Gasteiger partial charge in [-0.1, -0.05) is 30.3 Å². The highest BCUT2D eigenvalue weighted by molar-refractivity contribution is 5.98. The van der Waals surface area contributed by atoms with E-state index in [0.29, 0.717) is 5.56 Å². The number of nitrogens with one attached hydrogen (secondary N) is 2. The number of nitrogens with two attached hydrogens (primary N) is 1. The highest BCUT2D eigenvalue weighted by Gasteiger charge is 2.50. The third-order valence-corrected chi connectivity index (χ3v) is 4.77. The minimum Gasteiger partial charge on any atom is -0.361 e. The predicted octanol–water partition coefficient (Wildman–Crippen LogP) is 0.362. The lowest BCUT2D eigenvalue weighted by Crippen LogP contribution is -2.58. The quantitative estimate of drug-likeness (QED) is 0.259. The van der Waals surface area contributed by atoms with Crippen LogP contribution in [0, 0.1) is 0 Å². The summed E-state index contributed by atoms with van der Waals surface area (Å²) >= 11 is 0. The number of carbonyl (C=O) groups excluding carboxylic acids is 3. The summed E-state index contributed by atoms with van der Waals surface area (Å²) in [6.45, 7) is -6.58. The number of ether oxygens (including phenoxy) is 3. The third-order valence-electron chi connectivity index (χ3n) is 4.77. The van der Waals surface area contributed by atoms with Crippen LogP contribution in [0.4, 0.5) is 17.6 Å². The molecule has 1 saturated heterocycles. The maximum atomic E-state index is 12.8. The van der Waals surface area contributed by atoms with Gasteiger partial charge in [0.2, 0.25) is 11.8 Å². The first-order chi connectivity index (χ1) is 15.5. The Morgan fingerprint density at radius 3 is 2.09 bits per heavy atom. The molecule has 1 heterocycles. The van der Waals surface area contributed by atoms with Crippen molar-refractivity contribution in [3.8, 4) is 0 Å². The molecule has 33 heavy (non-hydrogen) atoms. The zero-order valence-electron chi connectivity index (χ0n) is 17.6. The Bertz CT molecular complexity index is 810. The van der Waals surface area contributed by atoms with Gasteiger partial charge in [-0.15, -0.1) is 0 Å². The largest absolute Gasteiger partial charge is 0.361 e. The van der Waals surface area contributed by atoms with E-state index in [1.165, 1.54) is 0 Å². The third kappa shape index (κ3) is 8.68. The number of rotatable bonds is 14. The standard InChI is InChI=1S/C20H25F4N3O6/c1-20(10-33-20)15(28)13(7-11-5-3-2-4-6-11)26-17(30)14(9-32-19(23)24)27-16(29)12(25)8-31-18(21)22/h2-6,12-14,18-19H,7-10,25H2,1H3,(H,26,30)(H,27,29)/t12-,13-,14-,20-/m0/s1. The first-order valence-corrected chi connectivity index (χ1v) is 9.90. The van der Waals surface area contributed by atoms with E-state index < -0.39 is 67.8 Å². The van der Waals surface area contributed by atoms with Crippen molar-refractivity contribution in [2.24, 2.45) is 5.73 Å². The van der Waals surface area contributed by atoms with E-state index in [0.717, 1.165) is 0 Å². The molecule has 2 amide bonds. The summed E-state index contributed by atoms with van der Waals surface area (Å²) in [5, 5.41) is 4.49. The Hall–Kier alpha value is -2.61. The number of hydrogen-bond donors (Lipinski definition) is 3. The number of hydrogen-bond acceptors (Lipinski definition) is 7. The fraction of sp³-hybridized carbons (Fsp3) is 0.550. The maximum absolute atomic E-state index is 12.8. The molecule has 1 aromatic rings. The van der Waals surface area contributed by atoms with Crippen LogP contribution in [-0.4, -0.2) is 74.4 Å². The van der Waals surface area contributed by atoms with Gasteiger partial charge >= 0.3 is 13.2 Å². The number of alkyl halides is 4. The smallest absolute Gasteiger partial charge is 0.345 e. The van der Waals surface area contributed by atoms with Crippen LogP contribution in [0.5, 0.6) is 0 Å². The van der Waals surface area contributed by atoms with Gasteiger partial charge in [0.15, 0.2) is 5.78 Å². The van der Waals surface area contributed by atoms with Crippen LogP contribution in [0.15, 0.2) is 30.3 Å². The Morgan fingerprint density at radius 2 is 1.55 bits per heavy atom. The first-order valence-electron chi connectivity index (χ1n) is 9.90. The first kappa shape index (κ1) is 26.6. The van der Waals surface area contributed by atoms with Crippen molar-refractivity contribution in [2.45, 2.75) is 50.3 Å². The minimum absolute atomic E-state index is 0.0719. The van der Waals surface area contributed by atoms with Gasteiger partial charge in [-0.25, -0.2) is 0 Å². The fourth-order valence-electron chi connectivity index (χ4n) is 2.83. The summed E-state index contributed by atoms with van der Waals surface area (Å²) in [5.41, 5.74) is 5.03. The lowest BCUT2D eigenvalue weighted by Gasteiger charge is -2.25. The Labute approximate surface area is 186 Å². The van der Waals surface area contributed by atoms with Crippen LogP contribution >= 0.6 is 0 Å². The second-order valence-corrected chi connectivity index (χ2v) is 7.49. The lowest BCUT2D eigenvalue weighted by molar-refractivity contribution is -0.151. The second kappa shape index (κ2) is 12.0. The van der Waals surface area contributed by atoms with Gasteiger partial charge in [-0.05, 0) is 18.9 Å². The molecule has 1 aliphatic heterocycles. The molecule has 0 aromatic heterocycles. The zero-order valence-corrected chi connectivity index (χ0v) is 17.6. The maximum Gasteiger partial charge on any atom is 0.345 e. The van der Waals surface area contributed by atoms with Gasteiger partial charge in [-0.3, -0.25) is 14.4 Å². The summed E-state index contributed by atoms with van der Waals surface area (Å²) < 4.78 is 62.6. The highest BCUT2D eigenvalue weighted by Crippen LogP contribution is 2.29. The number of ketones is 1. The summed E-state index contributed by atoms with van der Waals surface area (Å²) in [6, 6.07) is 4.28. The number of benzene rings is 1. The van der Waals surface area contributed by atoms with E-state index in [1.54, 1.807) is 37.3 Å². The predicted molar refractivity (Wildman–Crippen MR) is 105 cm³/mol. The molecule has 1 fully saturated rings. The van der Waals surface area contributed by atoms with E-state index in [9.17, 15) is 31.9 Å². The normalized spacial score (nSPS) is 20.2. The van der Waals surface area contributed by atoms with Crippen molar-refractivity contribution >= 4 is 17.6 Å². The van der Waals surface area contributed by atoms with E-state index in [1.807, 2.05) is 0 Å². The average molecular weight is 479 g/mol. The average Bonchev–Trinajstić information content (AvgIpc) is 3.52. The van der Waals surface area contributed by atoms with Crippen LogP contribution in [0.2, 0.25) is 0 Å². The second-order valence-electron chi connectivity index (χ2n) is 7.49. The number of amides is 2. The van der Waals surface area contributed by atoms with Crippen molar-refractivity contribution in [2.75, 3.05) is 19.8 Å². The van der Waals surface area contributed by atoms with E-state index in [-0.39, 0.29) is 13.0 Å². The van der Waals surface area contributed by atoms with Gasteiger partial charge in [0.05, 0.1) is 25.9 Å². The molecule has 0 unspecified atom stereocenters. The number of epoxide rings is 1. The molecule has 9 nitrogen and oxygen atoms in total. The Morgan fingerprint density at radius 1 is 1.00 bits per heavy atom. The highest BCUT2D eigenvalue weighted by atomic mass is 19.3. The van der Waals surface area contributed by atoms with Crippen LogP contribution < -0.4 is 16.4 Å². The molecule has 0 radical (unpaired) electrons. The molecular weight excluding hydrogens is 454 g/mol. The molecule has 1 aliphatic rings. The van der Waals surface area contributed by atoms with E-state index in [4.69, 9.17) is 10.5 Å². The summed E-state index contributed by atoms with van der Waals surface area (Å²) in [5.74, 6) is -2.57. The van der Waals surface area contributed by atoms with Crippen LogP contribution in [0.25, 0.3) is 0 Å². The number of halogens is 4. The van der Waals surface area contributed by atoms with Gasteiger partial charge in [0.1, 0.15) is 17.7 Å². The summed E-state index contributed by atoms with van der Waals surface area (Å²) in [6.07, 6.45) is 0.0719. The van der Waals surface area contributed by atoms with Crippen LogP contribution in [0.3, 0.4) is 0 Å². The molecule has 0 aliphatic carbocycles. The zero-order chi connectivity index (χ0) is 24.6. The van der Waals surface area contributed by atoms with E-state index in [2.05, 4.69) is 20.1 Å². The minimum atomic E-state index is -3.26. The lowest BCUT2D eigenvalue weighted by atomic mass is 9.94. The molecule has 184 valence electrons. The topological polar surface area (TPSA) is 132 Å². The number of carbonyl (C=O) groups is 3. The van der Waals surface area contributed by atoms with Gasteiger partial charge in [0, 0.05) is 0 Å². The summed E-state index contributed by atoms with van der Waals surface area (Å²) in [7, 11) is 0. The number of Topliss-reactive ketones (excluding diaryl/α,β-unsaturated/α-hetero) is 1. The molecule has 2 rings (SSSR count). The molecule has 4 atom stereocenters. The Kier molecular flexibility index (Phi) is 9.70. The molecule has 0 saturated carbocycles. The SMILES string of the molecule is C[C@@]1(C(=O)[C@H](Cc2ccccc2)NC(=O)[C@H](COC(F)F)NC(=O)[C@@H](N)COC(F)F)CO1. The summed E-state index contributed by atoms with van der Waals surface area (Å²) in [4.78, 5) is 37.8. The van der Waals surface area contributed by atoms with Gasteiger partial charge in [0.25, 0.3) is 0 Å².